The van der Waals surface area contributed by atoms with Gasteiger partial charge in [-0.2, -0.15) is 0 Å². The van der Waals surface area contributed by atoms with Crippen molar-refractivity contribution in [1.82, 2.24) is 25.2 Å². The first-order valence-corrected chi connectivity index (χ1v) is 9.24. The summed E-state index contributed by atoms with van der Waals surface area (Å²) in [6.45, 7) is 2.26. The molecule has 1 aliphatic heterocycles. The maximum Gasteiger partial charge on any atom is 0.318 e. The van der Waals surface area contributed by atoms with Crippen LogP contribution in [0.25, 0.3) is 11.0 Å². The molecule has 3 aromatic rings. The van der Waals surface area contributed by atoms with Gasteiger partial charge in [0.25, 0.3) is 0 Å². The van der Waals surface area contributed by atoms with Crippen LogP contribution in [0, 0.1) is 0 Å². The molecular formula is C20H23N5O2. The number of aromatic nitrogens is 3. The molecule has 2 N–H and O–H groups in total. The van der Waals surface area contributed by atoms with Gasteiger partial charge < -0.3 is 19.9 Å². The van der Waals surface area contributed by atoms with Crippen LogP contribution in [0.1, 0.15) is 24.1 Å². The minimum atomic E-state index is -0.110. The SMILES string of the molecule is O=C(NCc1ccc2nc[nH]c2c1)N(Cc1ccccn1)C[C@H]1CCCO1. The third-order valence-electron chi connectivity index (χ3n) is 4.74. The summed E-state index contributed by atoms with van der Waals surface area (Å²) in [5.41, 5.74) is 3.77. The Balaban J connectivity index is 1.41. The Bertz CT molecular complexity index is 890. The Hall–Kier alpha value is -2.93. The molecule has 140 valence electrons. The highest BCUT2D eigenvalue weighted by Crippen LogP contribution is 2.15. The van der Waals surface area contributed by atoms with Crippen molar-refractivity contribution in [2.75, 3.05) is 13.2 Å². The van der Waals surface area contributed by atoms with Gasteiger partial charge in [0.05, 0.1) is 35.7 Å². The van der Waals surface area contributed by atoms with E-state index in [1.54, 1.807) is 17.4 Å². The van der Waals surface area contributed by atoms with Crippen LogP contribution < -0.4 is 5.32 Å². The predicted molar refractivity (Wildman–Crippen MR) is 102 cm³/mol. The number of rotatable bonds is 6. The standard InChI is InChI=1S/C20H23N5O2/c26-20(22-11-15-6-7-18-19(10-15)24-14-23-18)25(13-17-5-3-9-27-17)12-16-4-1-2-8-21-16/h1-2,4,6-8,10,14,17H,3,5,9,11-13H2,(H,22,26)(H,23,24)/t17-/m1/s1. The molecule has 0 radical (unpaired) electrons. The predicted octanol–water partition coefficient (Wildman–Crippen LogP) is 2.85. The molecule has 0 spiro atoms. The highest BCUT2D eigenvalue weighted by atomic mass is 16.5. The molecule has 7 heteroatoms. The van der Waals surface area contributed by atoms with Crippen molar-refractivity contribution in [2.45, 2.75) is 32.0 Å². The van der Waals surface area contributed by atoms with Crippen LogP contribution >= 0.6 is 0 Å². The lowest BCUT2D eigenvalue weighted by atomic mass is 10.2. The zero-order chi connectivity index (χ0) is 18.5. The lowest BCUT2D eigenvalue weighted by Crippen LogP contribution is -2.43. The van der Waals surface area contributed by atoms with Crippen molar-refractivity contribution < 1.29 is 9.53 Å². The van der Waals surface area contributed by atoms with E-state index in [1.165, 1.54) is 0 Å². The molecule has 0 bridgehead atoms. The number of aromatic amines is 1. The molecule has 3 heterocycles. The van der Waals surface area contributed by atoms with Crippen LogP contribution in [-0.4, -0.2) is 45.1 Å². The number of nitrogens with one attached hydrogen (secondary N) is 2. The molecule has 4 rings (SSSR count). The quantitative estimate of drug-likeness (QED) is 0.704. The second kappa shape index (κ2) is 8.18. The molecule has 2 amide bonds. The molecule has 1 atom stereocenters. The Kier molecular flexibility index (Phi) is 5.29. The maximum atomic E-state index is 12.8. The first kappa shape index (κ1) is 17.5. The normalized spacial score (nSPS) is 16.5. The smallest absolute Gasteiger partial charge is 0.318 e. The number of imidazole rings is 1. The molecule has 7 nitrogen and oxygen atoms in total. The van der Waals surface area contributed by atoms with Crippen molar-refractivity contribution >= 4 is 17.1 Å². The van der Waals surface area contributed by atoms with Crippen molar-refractivity contribution in [3.05, 3.63) is 60.2 Å². The number of pyridine rings is 1. The molecule has 0 aliphatic carbocycles. The summed E-state index contributed by atoms with van der Waals surface area (Å²) in [6.07, 6.45) is 5.55. The summed E-state index contributed by atoms with van der Waals surface area (Å²) in [7, 11) is 0. The van der Waals surface area contributed by atoms with Gasteiger partial charge in [-0.1, -0.05) is 12.1 Å². The van der Waals surface area contributed by atoms with E-state index in [9.17, 15) is 4.79 Å². The highest BCUT2D eigenvalue weighted by Gasteiger charge is 2.23. The third kappa shape index (κ3) is 4.43. The van der Waals surface area contributed by atoms with Crippen LogP contribution in [0.3, 0.4) is 0 Å². The second-order valence-corrected chi connectivity index (χ2v) is 6.75. The lowest BCUT2D eigenvalue weighted by molar-refractivity contribution is 0.0791. The number of carbonyl (C=O) groups is 1. The van der Waals surface area contributed by atoms with Crippen molar-refractivity contribution in [3.8, 4) is 0 Å². The number of H-pyrrole nitrogens is 1. The van der Waals surface area contributed by atoms with E-state index in [1.807, 2.05) is 36.4 Å². The van der Waals surface area contributed by atoms with E-state index in [4.69, 9.17) is 4.74 Å². The monoisotopic (exact) mass is 365 g/mol. The van der Waals surface area contributed by atoms with Gasteiger partial charge in [-0.05, 0) is 42.7 Å². The average molecular weight is 365 g/mol. The fourth-order valence-electron chi connectivity index (χ4n) is 3.32. The van der Waals surface area contributed by atoms with Gasteiger partial charge in [0.15, 0.2) is 0 Å². The summed E-state index contributed by atoms with van der Waals surface area (Å²) in [5, 5.41) is 3.02. The minimum absolute atomic E-state index is 0.0980. The first-order chi connectivity index (χ1) is 13.3. The van der Waals surface area contributed by atoms with Gasteiger partial charge in [0, 0.05) is 25.9 Å². The Labute approximate surface area is 157 Å². The van der Waals surface area contributed by atoms with E-state index in [0.717, 1.165) is 41.7 Å². The van der Waals surface area contributed by atoms with E-state index < -0.39 is 0 Å². The number of fused-ring (bicyclic) bond motifs is 1. The number of ether oxygens (including phenoxy) is 1. The zero-order valence-corrected chi connectivity index (χ0v) is 15.1. The van der Waals surface area contributed by atoms with Crippen LogP contribution in [0.4, 0.5) is 4.79 Å². The Morgan fingerprint density at radius 3 is 3.07 bits per heavy atom. The number of benzene rings is 1. The van der Waals surface area contributed by atoms with Crippen LogP contribution in [0.15, 0.2) is 48.9 Å². The number of hydrogen-bond acceptors (Lipinski definition) is 4. The molecular weight excluding hydrogens is 342 g/mol. The first-order valence-electron chi connectivity index (χ1n) is 9.24. The van der Waals surface area contributed by atoms with Gasteiger partial charge in [-0.25, -0.2) is 9.78 Å². The van der Waals surface area contributed by atoms with E-state index in [0.29, 0.717) is 19.6 Å². The fourth-order valence-corrected chi connectivity index (χ4v) is 3.32. The molecule has 1 fully saturated rings. The number of amides is 2. The van der Waals surface area contributed by atoms with Gasteiger partial charge in [0.2, 0.25) is 0 Å². The fraction of sp³-hybridized carbons (Fsp3) is 0.350. The third-order valence-corrected chi connectivity index (χ3v) is 4.74. The summed E-state index contributed by atoms with van der Waals surface area (Å²) >= 11 is 0. The van der Waals surface area contributed by atoms with E-state index in [2.05, 4.69) is 20.3 Å². The van der Waals surface area contributed by atoms with Crippen molar-refractivity contribution in [3.63, 3.8) is 0 Å². The summed E-state index contributed by atoms with van der Waals surface area (Å²) < 4.78 is 5.72. The molecule has 1 saturated heterocycles. The molecule has 27 heavy (non-hydrogen) atoms. The van der Waals surface area contributed by atoms with Crippen molar-refractivity contribution in [1.29, 1.82) is 0 Å². The Morgan fingerprint density at radius 1 is 1.30 bits per heavy atom. The number of urea groups is 1. The molecule has 1 aromatic carbocycles. The molecule has 0 unspecified atom stereocenters. The Morgan fingerprint density at radius 2 is 2.26 bits per heavy atom. The summed E-state index contributed by atoms with van der Waals surface area (Å²) in [6, 6.07) is 11.6. The zero-order valence-electron chi connectivity index (χ0n) is 15.1. The van der Waals surface area contributed by atoms with Crippen molar-refractivity contribution in [2.24, 2.45) is 0 Å². The topological polar surface area (TPSA) is 83.1 Å². The number of nitrogens with zero attached hydrogens (tertiary/aromatic N) is 3. The molecule has 0 saturated carbocycles. The largest absolute Gasteiger partial charge is 0.376 e. The van der Waals surface area contributed by atoms with Crippen LogP contribution in [-0.2, 0) is 17.8 Å². The van der Waals surface area contributed by atoms with Gasteiger partial charge in [-0.3, -0.25) is 4.98 Å². The van der Waals surface area contributed by atoms with Gasteiger partial charge in [0.1, 0.15) is 0 Å². The molecule has 1 aliphatic rings. The van der Waals surface area contributed by atoms with Gasteiger partial charge >= 0.3 is 6.03 Å². The average Bonchev–Trinajstić information content (AvgIpc) is 3.37. The highest BCUT2D eigenvalue weighted by molar-refractivity contribution is 5.76. The second-order valence-electron chi connectivity index (χ2n) is 6.75. The number of hydrogen-bond donors (Lipinski definition) is 2. The maximum absolute atomic E-state index is 12.8. The van der Waals surface area contributed by atoms with Crippen LogP contribution in [0.5, 0.6) is 0 Å². The summed E-state index contributed by atoms with van der Waals surface area (Å²) in [5.74, 6) is 0. The van der Waals surface area contributed by atoms with E-state index in [-0.39, 0.29) is 12.1 Å². The van der Waals surface area contributed by atoms with Crippen LogP contribution in [0.2, 0.25) is 0 Å². The van der Waals surface area contributed by atoms with Gasteiger partial charge in [-0.15, -0.1) is 0 Å². The number of carbonyl (C=O) groups excluding carboxylic acids is 1. The summed E-state index contributed by atoms with van der Waals surface area (Å²) in [4.78, 5) is 26.3. The molecule has 2 aromatic heterocycles. The minimum Gasteiger partial charge on any atom is -0.376 e. The lowest BCUT2D eigenvalue weighted by Gasteiger charge is -2.25. The van der Waals surface area contributed by atoms with E-state index >= 15 is 0 Å².